The summed E-state index contributed by atoms with van der Waals surface area (Å²) in [4.78, 5) is 17.0. The molecule has 1 aliphatic rings. The van der Waals surface area contributed by atoms with E-state index >= 15 is 0 Å². The molecule has 8 heteroatoms. The molecule has 1 aliphatic heterocycles. The topological polar surface area (TPSA) is 96.9 Å². The molecule has 2 heterocycles. The Balaban J connectivity index is 0.00000342. The lowest BCUT2D eigenvalue weighted by Gasteiger charge is -2.37. The van der Waals surface area contributed by atoms with Gasteiger partial charge in [0.25, 0.3) is 5.91 Å². The van der Waals surface area contributed by atoms with Crippen LogP contribution in [0.4, 0.5) is 5.82 Å². The van der Waals surface area contributed by atoms with Crippen LogP contribution in [0.2, 0.25) is 0 Å². The van der Waals surface area contributed by atoms with Crippen LogP contribution in [0.25, 0.3) is 11.3 Å². The second-order valence-corrected chi connectivity index (χ2v) is 8.63. The summed E-state index contributed by atoms with van der Waals surface area (Å²) in [5.74, 6) is 0.857. The highest BCUT2D eigenvalue weighted by Gasteiger charge is 2.28. The molecule has 4 rings (SSSR count). The van der Waals surface area contributed by atoms with Crippen LogP contribution in [-0.4, -0.2) is 47.2 Å². The smallest absolute Gasteiger partial charge is 0.253 e. The lowest BCUT2D eigenvalue weighted by atomic mass is 10.00. The van der Waals surface area contributed by atoms with Gasteiger partial charge in [0.15, 0.2) is 5.82 Å². The molecule has 0 bridgehead atoms. The Morgan fingerprint density at radius 3 is 2.00 bits per heavy atom. The van der Waals surface area contributed by atoms with Crippen molar-refractivity contribution in [1.29, 1.82) is 10.5 Å². The predicted octanol–water partition coefficient (Wildman–Crippen LogP) is 4.67. The first-order chi connectivity index (χ1) is 16.4. The normalized spacial score (nSPS) is 13.3. The minimum Gasteiger partial charge on any atom is -0.355 e. The van der Waals surface area contributed by atoms with Crippen molar-refractivity contribution in [1.82, 2.24) is 15.1 Å². The first-order valence-electron chi connectivity index (χ1n) is 11.3. The van der Waals surface area contributed by atoms with Crippen LogP contribution in [0, 0.1) is 36.5 Å². The molecule has 0 spiro atoms. The highest BCUT2D eigenvalue weighted by Crippen LogP contribution is 2.30. The van der Waals surface area contributed by atoms with E-state index < -0.39 is 0 Å². The number of nitriles is 2. The van der Waals surface area contributed by atoms with Crippen molar-refractivity contribution in [3.8, 4) is 23.4 Å². The van der Waals surface area contributed by atoms with Crippen molar-refractivity contribution < 1.29 is 4.79 Å². The van der Waals surface area contributed by atoms with E-state index in [-0.39, 0.29) is 24.4 Å². The van der Waals surface area contributed by atoms with E-state index in [2.05, 4.69) is 41.1 Å². The predicted molar refractivity (Wildman–Crippen MR) is 137 cm³/mol. The molecule has 2 aromatic carbocycles. The summed E-state index contributed by atoms with van der Waals surface area (Å²) in [5, 5.41) is 27.0. The first kappa shape index (κ1) is 25.7. The van der Waals surface area contributed by atoms with Gasteiger partial charge in [-0.1, -0.05) is 12.1 Å². The van der Waals surface area contributed by atoms with Crippen LogP contribution in [0.5, 0.6) is 0 Å². The maximum Gasteiger partial charge on any atom is 0.253 e. The molecule has 3 aromatic rings. The summed E-state index contributed by atoms with van der Waals surface area (Å²) in [6.07, 6.45) is 1.69. The summed E-state index contributed by atoms with van der Waals surface area (Å²) in [6, 6.07) is 18.5. The minimum atomic E-state index is -0.0264. The van der Waals surface area contributed by atoms with Gasteiger partial charge in [-0.3, -0.25) is 4.79 Å². The molecule has 0 unspecified atom stereocenters. The third-order valence-corrected chi connectivity index (χ3v) is 6.68. The third-order valence-electron chi connectivity index (χ3n) is 6.68. The fourth-order valence-corrected chi connectivity index (χ4v) is 4.39. The molecule has 0 saturated carbocycles. The Kier molecular flexibility index (Phi) is 8.06. The number of piperidine rings is 1. The second-order valence-electron chi connectivity index (χ2n) is 8.63. The zero-order valence-electron chi connectivity index (χ0n) is 20.0. The molecule has 7 nitrogen and oxygen atoms in total. The highest BCUT2D eigenvalue weighted by atomic mass is 35.5. The Labute approximate surface area is 212 Å². The summed E-state index contributed by atoms with van der Waals surface area (Å²) in [7, 11) is 1.85. The number of amides is 1. The van der Waals surface area contributed by atoms with Crippen molar-refractivity contribution >= 4 is 24.1 Å². The van der Waals surface area contributed by atoms with Gasteiger partial charge in [0.2, 0.25) is 0 Å². The minimum absolute atomic E-state index is 0. The Morgan fingerprint density at radius 1 is 0.914 bits per heavy atom. The molecular weight excluding hydrogens is 460 g/mol. The van der Waals surface area contributed by atoms with E-state index in [1.54, 1.807) is 36.4 Å². The van der Waals surface area contributed by atoms with E-state index in [0.717, 1.165) is 54.1 Å². The third kappa shape index (κ3) is 5.26. The molecule has 1 aromatic heterocycles. The second kappa shape index (κ2) is 11.0. The van der Waals surface area contributed by atoms with Gasteiger partial charge in [0.1, 0.15) is 0 Å². The van der Waals surface area contributed by atoms with Crippen molar-refractivity contribution in [2.24, 2.45) is 0 Å². The maximum absolute atomic E-state index is 12.9. The number of anilines is 1. The molecule has 1 fully saturated rings. The summed E-state index contributed by atoms with van der Waals surface area (Å²) >= 11 is 0. The van der Waals surface area contributed by atoms with Gasteiger partial charge in [0, 0.05) is 37.3 Å². The largest absolute Gasteiger partial charge is 0.355 e. The quantitative estimate of drug-likeness (QED) is 0.531. The zero-order chi connectivity index (χ0) is 24.2. The van der Waals surface area contributed by atoms with E-state index in [4.69, 9.17) is 10.5 Å². The van der Waals surface area contributed by atoms with Gasteiger partial charge < -0.3 is 9.80 Å². The van der Waals surface area contributed by atoms with Gasteiger partial charge in [0.05, 0.1) is 29.0 Å². The molecule has 0 radical (unpaired) electrons. The van der Waals surface area contributed by atoms with Crippen LogP contribution in [0.3, 0.4) is 0 Å². The van der Waals surface area contributed by atoms with Gasteiger partial charge in [-0.15, -0.1) is 22.6 Å². The average Bonchev–Trinajstić information content (AvgIpc) is 2.89. The zero-order valence-corrected chi connectivity index (χ0v) is 20.8. The monoisotopic (exact) mass is 486 g/mol. The first-order valence-corrected chi connectivity index (χ1v) is 11.3. The number of benzene rings is 2. The van der Waals surface area contributed by atoms with Crippen LogP contribution in [0.1, 0.15) is 45.5 Å². The molecule has 1 saturated heterocycles. The van der Waals surface area contributed by atoms with Gasteiger partial charge in [-0.05, 0) is 74.2 Å². The summed E-state index contributed by atoms with van der Waals surface area (Å²) < 4.78 is 0. The van der Waals surface area contributed by atoms with E-state index in [0.29, 0.717) is 16.7 Å². The van der Waals surface area contributed by atoms with Gasteiger partial charge >= 0.3 is 0 Å². The molecule has 178 valence electrons. The van der Waals surface area contributed by atoms with E-state index in [1.807, 2.05) is 24.1 Å². The molecule has 35 heavy (non-hydrogen) atoms. The van der Waals surface area contributed by atoms with Crippen molar-refractivity contribution in [2.45, 2.75) is 32.7 Å². The van der Waals surface area contributed by atoms with Gasteiger partial charge in [-0.2, -0.15) is 10.5 Å². The SMILES string of the molecule is Cc1c(-c2ccc(C#N)cc2)nnc(N2CCC(N(C)C(=O)c3ccc(C#N)cc3)CC2)c1C.Cl. The van der Waals surface area contributed by atoms with Crippen molar-refractivity contribution in [3.63, 3.8) is 0 Å². The fourth-order valence-electron chi connectivity index (χ4n) is 4.39. The fraction of sp³-hybridized carbons (Fsp3) is 0.296. The van der Waals surface area contributed by atoms with Crippen LogP contribution >= 0.6 is 12.4 Å². The Hall–Kier alpha value is -3.94. The molecular formula is C27H27ClN6O. The Bertz CT molecular complexity index is 1280. The van der Waals surface area contributed by atoms with Crippen LogP contribution in [-0.2, 0) is 0 Å². The highest BCUT2D eigenvalue weighted by molar-refractivity contribution is 5.94. The van der Waals surface area contributed by atoms with Crippen molar-refractivity contribution in [2.75, 3.05) is 25.0 Å². The molecule has 0 aliphatic carbocycles. The number of hydrogen-bond donors (Lipinski definition) is 0. The summed E-state index contributed by atoms with van der Waals surface area (Å²) in [6.45, 7) is 5.71. The maximum atomic E-state index is 12.9. The van der Waals surface area contributed by atoms with E-state index in [9.17, 15) is 4.79 Å². The lowest BCUT2D eigenvalue weighted by Crippen LogP contribution is -2.46. The van der Waals surface area contributed by atoms with E-state index in [1.165, 1.54) is 0 Å². The molecule has 0 atom stereocenters. The molecule has 0 N–H and O–H groups in total. The number of halogens is 1. The number of carbonyl (C=O) groups excluding carboxylic acids is 1. The standard InChI is InChI=1S/C27H26N6O.ClH/c1-18-19(2)26(31-30-25(18)22-8-4-20(16-28)5-9-22)33-14-12-24(13-15-33)32(3)27(34)23-10-6-21(17-29)7-11-23;/h4-11,24H,12-15H2,1-3H3;1H. The van der Waals surface area contributed by atoms with Crippen LogP contribution in [0.15, 0.2) is 48.5 Å². The number of hydrogen-bond acceptors (Lipinski definition) is 6. The lowest BCUT2D eigenvalue weighted by molar-refractivity contribution is 0.0709. The van der Waals surface area contributed by atoms with Crippen LogP contribution < -0.4 is 4.90 Å². The summed E-state index contributed by atoms with van der Waals surface area (Å²) in [5.41, 5.74) is 5.70. The number of aromatic nitrogens is 2. The number of rotatable bonds is 4. The number of nitrogens with zero attached hydrogens (tertiary/aromatic N) is 6. The van der Waals surface area contributed by atoms with Crippen molar-refractivity contribution in [3.05, 3.63) is 76.3 Å². The van der Waals surface area contributed by atoms with Gasteiger partial charge in [-0.25, -0.2) is 0 Å². The molecule has 1 amide bonds. The Morgan fingerprint density at radius 2 is 1.46 bits per heavy atom. The average molecular weight is 487 g/mol. The number of carbonyl (C=O) groups is 1.